The summed E-state index contributed by atoms with van der Waals surface area (Å²) >= 11 is 0. The molecule has 3 nitrogen and oxygen atoms in total. The van der Waals surface area contributed by atoms with E-state index in [2.05, 4.69) is 10.6 Å². The molecule has 122 valence electrons. The van der Waals surface area contributed by atoms with Crippen LogP contribution in [0.3, 0.4) is 0 Å². The number of benzene rings is 2. The molecule has 0 atom stereocenters. The van der Waals surface area contributed by atoms with Gasteiger partial charge >= 0.3 is 0 Å². The molecule has 6 heteroatoms. The Morgan fingerprint density at radius 2 is 1.74 bits per heavy atom. The first-order valence-electron chi connectivity index (χ1n) is 7.13. The minimum absolute atomic E-state index is 0.0609. The molecule has 2 N–H and O–H groups in total. The van der Waals surface area contributed by atoms with Gasteiger partial charge < -0.3 is 10.6 Å². The predicted molar refractivity (Wildman–Crippen MR) is 84.0 cm³/mol. The van der Waals surface area contributed by atoms with Crippen molar-refractivity contribution in [2.45, 2.75) is 20.3 Å². The summed E-state index contributed by atoms with van der Waals surface area (Å²) in [6.07, 6.45) is 0.0609. The Bertz CT molecular complexity index is 732. The SMILES string of the molecule is Cc1ccc(NCCC(=O)Nc2ccc(F)c(F)c2F)cc1C. The normalized spacial score (nSPS) is 10.5. The monoisotopic (exact) mass is 322 g/mol. The molecule has 0 saturated heterocycles. The predicted octanol–water partition coefficient (Wildman–Crippen LogP) is 4.16. The molecule has 0 unspecified atom stereocenters. The van der Waals surface area contributed by atoms with Crippen molar-refractivity contribution in [2.24, 2.45) is 0 Å². The van der Waals surface area contributed by atoms with Crippen LogP contribution in [0.1, 0.15) is 17.5 Å². The molecule has 1 amide bonds. The Morgan fingerprint density at radius 3 is 2.43 bits per heavy atom. The Labute approximate surface area is 132 Å². The third kappa shape index (κ3) is 4.25. The zero-order valence-electron chi connectivity index (χ0n) is 12.8. The lowest BCUT2D eigenvalue weighted by Gasteiger charge is -2.10. The molecular formula is C17H17F3N2O. The van der Waals surface area contributed by atoms with E-state index < -0.39 is 23.4 Å². The van der Waals surface area contributed by atoms with Gasteiger partial charge in [-0.15, -0.1) is 0 Å². The van der Waals surface area contributed by atoms with E-state index in [0.29, 0.717) is 6.54 Å². The van der Waals surface area contributed by atoms with Crippen LogP contribution in [0.5, 0.6) is 0 Å². The molecule has 0 radical (unpaired) electrons. The average molecular weight is 322 g/mol. The van der Waals surface area contributed by atoms with Gasteiger partial charge in [-0.3, -0.25) is 4.79 Å². The minimum Gasteiger partial charge on any atom is -0.385 e. The first-order valence-corrected chi connectivity index (χ1v) is 7.13. The van der Waals surface area contributed by atoms with Crippen molar-refractivity contribution >= 4 is 17.3 Å². The Kier molecular flexibility index (Phi) is 5.26. The summed E-state index contributed by atoms with van der Waals surface area (Å²) in [5.41, 5.74) is 2.80. The van der Waals surface area contributed by atoms with E-state index in [-0.39, 0.29) is 12.1 Å². The molecular weight excluding hydrogens is 305 g/mol. The zero-order chi connectivity index (χ0) is 17.0. The van der Waals surface area contributed by atoms with E-state index in [1.807, 2.05) is 32.0 Å². The number of hydrogen-bond donors (Lipinski definition) is 2. The third-order valence-electron chi connectivity index (χ3n) is 3.50. The molecule has 0 aliphatic rings. The molecule has 23 heavy (non-hydrogen) atoms. The number of anilines is 2. The second kappa shape index (κ2) is 7.17. The molecule has 0 aliphatic heterocycles. The summed E-state index contributed by atoms with van der Waals surface area (Å²) < 4.78 is 39.3. The van der Waals surface area contributed by atoms with Crippen molar-refractivity contribution in [3.05, 3.63) is 58.9 Å². The van der Waals surface area contributed by atoms with Crippen LogP contribution in [0.25, 0.3) is 0 Å². The Morgan fingerprint density at radius 1 is 1.00 bits per heavy atom. The van der Waals surface area contributed by atoms with E-state index in [0.717, 1.165) is 23.4 Å². The van der Waals surface area contributed by atoms with E-state index in [1.165, 1.54) is 5.56 Å². The van der Waals surface area contributed by atoms with Crippen molar-refractivity contribution in [3.8, 4) is 0 Å². The highest BCUT2D eigenvalue weighted by Gasteiger charge is 2.14. The van der Waals surface area contributed by atoms with Crippen molar-refractivity contribution in [3.63, 3.8) is 0 Å². The van der Waals surface area contributed by atoms with Gasteiger partial charge in [0.1, 0.15) is 0 Å². The summed E-state index contributed by atoms with van der Waals surface area (Å²) in [7, 11) is 0. The highest BCUT2D eigenvalue weighted by Crippen LogP contribution is 2.19. The van der Waals surface area contributed by atoms with Gasteiger partial charge in [0.15, 0.2) is 17.5 Å². The fourth-order valence-electron chi connectivity index (χ4n) is 2.01. The number of hydrogen-bond acceptors (Lipinski definition) is 2. The third-order valence-corrected chi connectivity index (χ3v) is 3.50. The second-order valence-electron chi connectivity index (χ2n) is 5.25. The number of carbonyl (C=O) groups excluding carboxylic acids is 1. The lowest BCUT2D eigenvalue weighted by molar-refractivity contribution is -0.116. The Balaban J connectivity index is 1.88. The van der Waals surface area contributed by atoms with Gasteiger partial charge in [-0.1, -0.05) is 6.07 Å². The van der Waals surface area contributed by atoms with Crippen LogP contribution in [-0.4, -0.2) is 12.5 Å². The molecule has 2 aromatic carbocycles. The van der Waals surface area contributed by atoms with Crippen LogP contribution >= 0.6 is 0 Å². The number of aryl methyl sites for hydroxylation is 2. The van der Waals surface area contributed by atoms with Gasteiger partial charge in [-0.2, -0.15) is 0 Å². The molecule has 0 aromatic heterocycles. The van der Waals surface area contributed by atoms with Crippen LogP contribution in [0, 0.1) is 31.3 Å². The van der Waals surface area contributed by atoms with Crippen molar-refractivity contribution < 1.29 is 18.0 Å². The van der Waals surface area contributed by atoms with Gasteiger partial charge in [0, 0.05) is 18.7 Å². The quantitative estimate of drug-likeness (QED) is 0.812. The summed E-state index contributed by atoms with van der Waals surface area (Å²) in [6, 6.07) is 7.58. The maximum atomic E-state index is 13.4. The maximum absolute atomic E-state index is 13.4. The highest BCUT2D eigenvalue weighted by atomic mass is 19.2. The van der Waals surface area contributed by atoms with Crippen molar-refractivity contribution in [1.82, 2.24) is 0 Å². The summed E-state index contributed by atoms with van der Waals surface area (Å²) in [4.78, 5) is 11.7. The fraction of sp³-hybridized carbons (Fsp3) is 0.235. The molecule has 0 aliphatic carbocycles. The van der Waals surface area contributed by atoms with Gasteiger partial charge in [-0.25, -0.2) is 13.2 Å². The summed E-state index contributed by atoms with van der Waals surface area (Å²) in [5.74, 6) is -4.79. The smallest absolute Gasteiger partial charge is 0.226 e. The lowest BCUT2D eigenvalue weighted by Crippen LogP contribution is -2.17. The molecule has 0 spiro atoms. The molecule has 0 heterocycles. The topological polar surface area (TPSA) is 41.1 Å². The first-order chi connectivity index (χ1) is 10.9. The van der Waals surface area contributed by atoms with Crippen LogP contribution < -0.4 is 10.6 Å². The maximum Gasteiger partial charge on any atom is 0.226 e. The van der Waals surface area contributed by atoms with Crippen molar-refractivity contribution in [2.75, 3.05) is 17.2 Å². The van der Waals surface area contributed by atoms with E-state index in [1.54, 1.807) is 0 Å². The summed E-state index contributed by atoms with van der Waals surface area (Å²) in [6.45, 7) is 4.32. The first kappa shape index (κ1) is 16.9. The number of nitrogens with one attached hydrogen (secondary N) is 2. The van der Waals surface area contributed by atoms with E-state index in [4.69, 9.17) is 0 Å². The van der Waals surface area contributed by atoms with Crippen LogP contribution in [0.4, 0.5) is 24.5 Å². The lowest BCUT2D eigenvalue weighted by atomic mass is 10.1. The van der Waals surface area contributed by atoms with Gasteiger partial charge in [0.05, 0.1) is 5.69 Å². The zero-order valence-corrected chi connectivity index (χ0v) is 12.8. The Hall–Kier alpha value is -2.50. The van der Waals surface area contributed by atoms with Crippen LogP contribution in [0.2, 0.25) is 0 Å². The van der Waals surface area contributed by atoms with Gasteiger partial charge in [0.25, 0.3) is 0 Å². The summed E-state index contributed by atoms with van der Waals surface area (Å²) in [5, 5.41) is 5.30. The van der Waals surface area contributed by atoms with Gasteiger partial charge in [-0.05, 0) is 49.2 Å². The van der Waals surface area contributed by atoms with Gasteiger partial charge in [0.2, 0.25) is 5.91 Å². The fourth-order valence-corrected chi connectivity index (χ4v) is 2.01. The molecule has 2 rings (SSSR count). The second-order valence-corrected chi connectivity index (χ2v) is 5.25. The average Bonchev–Trinajstić information content (AvgIpc) is 2.51. The minimum atomic E-state index is -1.60. The molecule has 2 aromatic rings. The largest absolute Gasteiger partial charge is 0.385 e. The van der Waals surface area contributed by atoms with Crippen LogP contribution in [-0.2, 0) is 4.79 Å². The molecule has 0 saturated carbocycles. The highest BCUT2D eigenvalue weighted by molar-refractivity contribution is 5.91. The number of halogens is 3. The van der Waals surface area contributed by atoms with E-state index >= 15 is 0 Å². The van der Waals surface area contributed by atoms with Crippen molar-refractivity contribution in [1.29, 1.82) is 0 Å². The number of rotatable bonds is 5. The number of amides is 1. The van der Waals surface area contributed by atoms with E-state index in [9.17, 15) is 18.0 Å². The standard InChI is InChI=1S/C17H17F3N2O/c1-10-3-4-12(9-11(10)2)21-8-7-15(23)22-14-6-5-13(18)16(19)17(14)20/h3-6,9,21H,7-8H2,1-2H3,(H,22,23). The number of carbonyl (C=O) groups is 1. The van der Waals surface area contributed by atoms with Crippen LogP contribution in [0.15, 0.2) is 30.3 Å². The molecule has 0 fully saturated rings. The molecule has 0 bridgehead atoms.